The molecule has 19 heavy (non-hydrogen) atoms. The molecule has 94 valence electrons. The molecule has 0 N–H and O–H groups in total. The smallest absolute Gasteiger partial charge is 0.0923 e. The van der Waals surface area contributed by atoms with Crippen molar-refractivity contribution in [2.45, 2.75) is 13.5 Å². The summed E-state index contributed by atoms with van der Waals surface area (Å²) >= 11 is 0. The van der Waals surface area contributed by atoms with Gasteiger partial charge in [-0.1, -0.05) is 48.5 Å². The van der Waals surface area contributed by atoms with Gasteiger partial charge in [0.25, 0.3) is 0 Å². The van der Waals surface area contributed by atoms with Crippen LogP contribution in [0.2, 0.25) is 0 Å². The molecular weight excluding hydrogens is 232 g/mol. The summed E-state index contributed by atoms with van der Waals surface area (Å²) in [6.07, 6.45) is 2.02. The Balaban J connectivity index is 2.00. The van der Waals surface area contributed by atoms with Gasteiger partial charge in [-0.2, -0.15) is 5.10 Å². The molecule has 0 spiro atoms. The van der Waals surface area contributed by atoms with Crippen LogP contribution in [0.1, 0.15) is 6.92 Å². The first-order valence-corrected chi connectivity index (χ1v) is 6.56. The van der Waals surface area contributed by atoms with E-state index in [4.69, 9.17) is 0 Å². The maximum Gasteiger partial charge on any atom is 0.0923 e. The molecule has 0 bridgehead atoms. The number of nitrogens with zero attached hydrogens (tertiary/aromatic N) is 2. The van der Waals surface area contributed by atoms with Crippen LogP contribution in [-0.2, 0) is 6.54 Å². The quantitative estimate of drug-likeness (QED) is 0.678. The Morgan fingerprint density at radius 3 is 2.32 bits per heavy atom. The Kier molecular flexibility index (Phi) is 3.15. The summed E-state index contributed by atoms with van der Waals surface area (Å²) in [6.45, 7) is 3.00. The number of rotatable bonds is 3. The van der Waals surface area contributed by atoms with Crippen LogP contribution in [0.15, 0.2) is 66.9 Å². The van der Waals surface area contributed by atoms with Gasteiger partial charge < -0.3 is 0 Å². The lowest BCUT2D eigenvalue weighted by Gasteiger charge is -2.03. The van der Waals surface area contributed by atoms with Crippen LogP contribution in [0, 0.1) is 0 Å². The van der Waals surface area contributed by atoms with Crippen LogP contribution in [0.5, 0.6) is 0 Å². The molecule has 0 amide bonds. The lowest BCUT2D eigenvalue weighted by molar-refractivity contribution is 0.662. The van der Waals surface area contributed by atoms with E-state index in [2.05, 4.69) is 66.6 Å². The Labute approximate surface area is 113 Å². The SMILES string of the molecule is CCn1ccc(-c2cccc(-c3ccccc3)c2)n1. The fourth-order valence-corrected chi connectivity index (χ4v) is 2.18. The maximum absolute atomic E-state index is 4.55. The molecule has 0 aliphatic rings. The summed E-state index contributed by atoms with van der Waals surface area (Å²) in [5.41, 5.74) is 4.65. The second-order valence-corrected chi connectivity index (χ2v) is 4.50. The molecular formula is C17H16N2. The van der Waals surface area contributed by atoms with Crippen molar-refractivity contribution in [2.75, 3.05) is 0 Å². The van der Waals surface area contributed by atoms with Crippen molar-refractivity contribution in [3.63, 3.8) is 0 Å². The zero-order valence-electron chi connectivity index (χ0n) is 11.0. The van der Waals surface area contributed by atoms with E-state index in [0.29, 0.717) is 0 Å². The van der Waals surface area contributed by atoms with Crippen LogP contribution in [-0.4, -0.2) is 9.78 Å². The topological polar surface area (TPSA) is 17.8 Å². The molecule has 1 aromatic heterocycles. The van der Waals surface area contributed by atoms with Crippen molar-refractivity contribution in [2.24, 2.45) is 0 Å². The zero-order chi connectivity index (χ0) is 13.1. The summed E-state index contributed by atoms with van der Waals surface area (Å²) in [4.78, 5) is 0. The van der Waals surface area contributed by atoms with Crippen molar-refractivity contribution < 1.29 is 0 Å². The molecule has 2 heteroatoms. The van der Waals surface area contributed by atoms with Gasteiger partial charge in [-0.05, 0) is 30.2 Å². The van der Waals surface area contributed by atoms with Crippen LogP contribution in [0.3, 0.4) is 0 Å². The third-order valence-corrected chi connectivity index (χ3v) is 3.23. The highest BCUT2D eigenvalue weighted by Gasteiger charge is 2.03. The molecule has 0 radical (unpaired) electrons. The Bertz CT molecular complexity index is 668. The van der Waals surface area contributed by atoms with Crippen LogP contribution < -0.4 is 0 Å². The minimum Gasteiger partial charge on any atom is -0.272 e. The Morgan fingerprint density at radius 2 is 1.58 bits per heavy atom. The minimum absolute atomic E-state index is 0.901. The summed E-state index contributed by atoms with van der Waals surface area (Å²) < 4.78 is 1.95. The monoisotopic (exact) mass is 248 g/mol. The van der Waals surface area contributed by atoms with Gasteiger partial charge >= 0.3 is 0 Å². The predicted octanol–water partition coefficient (Wildman–Crippen LogP) is 4.24. The zero-order valence-corrected chi connectivity index (χ0v) is 11.0. The lowest BCUT2D eigenvalue weighted by Crippen LogP contribution is -1.93. The first kappa shape index (κ1) is 11.7. The second kappa shape index (κ2) is 5.11. The highest BCUT2D eigenvalue weighted by atomic mass is 15.3. The minimum atomic E-state index is 0.901. The summed E-state index contributed by atoms with van der Waals surface area (Å²) in [7, 11) is 0. The van der Waals surface area contributed by atoms with Gasteiger partial charge in [0, 0.05) is 18.3 Å². The molecule has 0 aliphatic heterocycles. The van der Waals surface area contributed by atoms with Crippen LogP contribution in [0.25, 0.3) is 22.4 Å². The second-order valence-electron chi connectivity index (χ2n) is 4.50. The molecule has 0 fully saturated rings. The molecule has 1 heterocycles. The van der Waals surface area contributed by atoms with Crippen molar-refractivity contribution in [3.05, 3.63) is 66.9 Å². The number of aryl methyl sites for hydroxylation is 1. The third-order valence-electron chi connectivity index (χ3n) is 3.23. The normalized spacial score (nSPS) is 10.6. The van der Waals surface area contributed by atoms with E-state index in [1.165, 1.54) is 11.1 Å². The molecule has 3 aromatic rings. The molecule has 0 atom stereocenters. The van der Waals surface area contributed by atoms with E-state index in [-0.39, 0.29) is 0 Å². The first-order chi connectivity index (χ1) is 9.36. The van der Waals surface area contributed by atoms with E-state index < -0.39 is 0 Å². The van der Waals surface area contributed by atoms with Crippen molar-refractivity contribution in [1.29, 1.82) is 0 Å². The van der Waals surface area contributed by atoms with Crippen molar-refractivity contribution in [1.82, 2.24) is 9.78 Å². The van der Waals surface area contributed by atoms with Gasteiger partial charge in [0.15, 0.2) is 0 Å². The number of aromatic nitrogens is 2. The maximum atomic E-state index is 4.55. The molecule has 0 saturated heterocycles. The van der Waals surface area contributed by atoms with E-state index in [1.54, 1.807) is 0 Å². The van der Waals surface area contributed by atoms with E-state index >= 15 is 0 Å². The largest absolute Gasteiger partial charge is 0.272 e. The van der Waals surface area contributed by atoms with E-state index in [9.17, 15) is 0 Å². The number of benzene rings is 2. The molecule has 0 saturated carbocycles. The fourth-order valence-electron chi connectivity index (χ4n) is 2.18. The summed E-state index contributed by atoms with van der Waals surface area (Å²) in [6, 6.07) is 21.0. The fraction of sp³-hybridized carbons (Fsp3) is 0.118. The highest BCUT2D eigenvalue weighted by Crippen LogP contribution is 2.25. The molecule has 2 aromatic carbocycles. The van der Waals surface area contributed by atoms with Crippen molar-refractivity contribution >= 4 is 0 Å². The average molecular weight is 248 g/mol. The average Bonchev–Trinajstić information content (AvgIpc) is 2.97. The molecule has 0 unspecified atom stereocenters. The van der Waals surface area contributed by atoms with Crippen LogP contribution >= 0.6 is 0 Å². The molecule has 3 rings (SSSR count). The van der Waals surface area contributed by atoms with Gasteiger partial charge in [-0.3, -0.25) is 4.68 Å². The van der Waals surface area contributed by atoms with Crippen LogP contribution in [0.4, 0.5) is 0 Å². The number of hydrogen-bond acceptors (Lipinski definition) is 1. The molecule has 2 nitrogen and oxygen atoms in total. The highest BCUT2D eigenvalue weighted by molar-refractivity contribution is 5.71. The van der Waals surface area contributed by atoms with Gasteiger partial charge in [0.2, 0.25) is 0 Å². The van der Waals surface area contributed by atoms with Gasteiger partial charge in [-0.25, -0.2) is 0 Å². The Hall–Kier alpha value is -2.35. The number of hydrogen-bond donors (Lipinski definition) is 0. The summed E-state index contributed by atoms with van der Waals surface area (Å²) in [5.74, 6) is 0. The third kappa shape index (κ3) is 2.43. The van der Waals surface area contributed by atoms with Gasteiger partial charge in [-0.15, -0.1) is 0 Å². The van der Waals surface area contributed by atoms with E-state index in [0.717, 1.165) is 17.8 Å². The van der Waals surface area contributed by atoms with Gasteiger partial charge in [0.05, 0.1) is 5.69 Å². The summed E-state index contributed by atoms with van der Waals surface area (Å²) in [5, 5.41) is 4.55. The standard InChI is InChI=1S/C17H16N2/c1-2-19-12-11-17(18-19)16-10-6-9-15(13-16)14-7-4-3-5-8-14/h3-13H,2H2,1H3. The Morgan fingerprint density at radius 1 is 0.842 bits per heavy atom. The first-order valence-electron chi connectivity index (χ1n) is 6.56. The van der Waals surface area contributed by atoms with E-state index in [1.807, 2.05) is 16.9 Å². The van der Waals surface area contributed by atoms with Gasteiger partial charge in [0.1, 0.15) is 0 Å². The predicted molar refractivity (Wildman–Crippen MR) is 78.8 cm³/mol. The van der Waals surface area contributed by atoms with Crippen molar-refractivity contribution in [3.8, 4) is 22.4 Å². The molecule has 0 aliphatic carbocycles. The lowest BCUT2D eigenvalue weighted by atomic mass is 10.0.